The highest BCUT2D eigenvalue weighted by atomic mass is 35.5. The van der Waals surface area contributed by atoms with Gasteiger partial charge in [0.2, 0.25) is 11.0 Å². The molecule has 0 amide bonds. The Morgan fingerprint density at radius 3 is 1.96 bits per heavy atom. The molecule has 3 aromatic heterocycles. The van der Waals surface area contributed by atoms with Crippen molar-refractivity contribution in [2.24, 2.45) is 30.7 Å². The molecule has 0 atom stereocenters. The van der Waals surface area contributed by atoms with Crippen LogP contribution in [0.4, 0.5) is 33.6 Å². The van der Waals surface area contributed by atoms with E-state index in [1.54, 1.807) is 50.2 Å². The SMILES string of the molecule is Cc1cc(N=Nc2cc(OCCCS(=O)(=O)O)c(N=Nc3c(C)c(C#N)c4nc5c(S(=O)(=O)O)cc(Cl)cc5n4c3O)cc2C)c(SCCCS(=O)(=O)O)cc1N=Nc1nc2c(S(=O)(=O)O)cc3ccccc3c2s1.O=S(=O)=O. The van der Waals surface area contributed by atoms with Crippen LogP contribution in [0.1, 0.15) is 35.1 Å². The number of hydrogen-bond donors (Lipinski definition) is 5. The largest absolute Gasteiger partial charge is 0.493 e. The van der Waals surface area contributed by atoms with Gasteiger partial charge < -0.3 is 9.84 Å². The molecule has 0 bridgehead atoms. The molecule has 0 saturated heterocycles. The molecule has 35 heteroatoms. The number of thioether (sulfide) groups is 1. The number of rotatable bonds is 18. The number of hydrogen-bond acceptors (Lipinski definition) is 24. The molecule has 8 aromatic rings. The minimum Gasteiger partial charge on any atom is -0.493 e. The molecule has 0 unspecified atom stereocenters. The van der Waals surface area contributed by atoms with Crippen molar-refractivity contribution in [2.75, 3.05) is 23.9 Å². The lowest BCUT2D eigenvalue weighted by Crippen LogP contribution is -2.08. The van der Waals surface area contributed by atoms with Crippen molar-refractivity contribution in [1.29, 1.82) is 5.26 Å². The van der Waals surface area contributed by atoms with Crippen LogP contribution in [0.15, 0.2) is 112 Å². The molecule has 0 aliphatic heterocycles. The van der Waals surface area contributed by atoms with Crippen LogP contribution in [0.2, 0.25) is 5.02 Å². The predicted molar refractivity (Wildman–Crippen MR) is 288 cm³/mol. The topological polar surface area (TPSA) is 426 Å². The highest BCUT2D eigenvalue weighted by molar-refractivity contribution is 7.99. The average Bonchev–Trinajstić information content (AvgIpc) is 4.17. The van der Waals surface area contributed by atoms with Crippen LogP contribution >= 0.6 is 34.7 Å². The van der Waals surface area contributed by atoms with Crippen LogP contribution in [0.5, 0.6) is 11.6 Å². The smallest absolute Gasteiger partial charge is 0.425 e. The van der Waals surface area contributed by atoms with Gasteiger partial charge in [-0.25, -0.2) is 9.97 Å². The Morgan fingerprint density at radius 2 is 1.32 bits per heavy atom. The lowest BCUT2D eigenvalue weighted by molar-refractivity contribution is 0.317. The number of aryl methyl sites for hydroxylation is 2. The Bertz CT molecular complexity index is 4540. The zero-order valence-corrected chi connectivity index (χ0v) is 46.9. The van der Waals surface area contributed by atoms with Gasteiger partial charge in [-0.05, 0) is 92.3 Å². The summed E-state index contributed by atoms with van der Waals surface area (Å²) < 4.78 is 167. The Hall–Kier alpha value is -7.01. The van der Waals surface area contributed by atoms with Gasteiger partial charge >= 0.3 is 10.6 Å². The number of aromatic hydroxyl groups is 1. The number of azo groups is 3. The third-order valence-electron chi connectivity index (χ3n) is 11.0. The lowest BCUT2D eigenvalue weighted by Gasteiger charge is -2.12. The monoisotopic (exact) mass is 1240 g/mol. The fraction of sp³-hybridized carbons (Fsp3) is 0.205. The minimum atomic E-state index is -4.89. The van der Waals surface area contributed by atoms with Crippen molar-refractivity contribution < 1.29 is 74.4 Å². The number of benzene rings is 5. The summed E-state index contributed by atoms with van der Waals surface area (Å²) in [4.78, 5) is 7.97. The van der Waals surface area contributed by atoms with E-state index >= 15 is 0 Å². The van der Waals surface area contributed by atoms with E-state index in [2.05, 4.69) is 40.7 Å². The number of imidazole rings is 1. The van der Waals surface area contributed by atoms with Crippen LogP contribution in [-0.2, 0) is 51.1 Å². The van der Waals surface area contributed by atoms with Crippen LogP contribution in [-0.4, -0.2) is 108 Å². The quantitative estimate of drug-likeness (QED) is 0.0231. The van der Waals surface area contributed by atoms with Crippen molar-refractivity contribution in [1.82, 2.24) is 14.4 Å². The Morgan fingerprint density at radius 1 is 0.734 bits per heavy atom. The molecule has 27 nitrogen and oxygen atoms in total. The van der Waals surface area contributed by atoms with Crippen LogP contribution < -0.4 is 4.74 Å². The summed E-state index contributed by atoms with van der Waals surface area (Å²) in [6.45, 7) is 4.49. The van der Waals surface area contributed by atoms with Gasteiger partial charge in [0, 0.05) is 26.9 Å². The van der Waals surface area contributed by atoms with Gasteiger partial charge in [-0.1, -0.05) is 47.2 Å². The van der Waals surface area contributed by atoms with Crippen molar-refractivity contribution in [2.45, 2.75) is 48.3 Å². The fourth-order valence-electron chi connectivity index (χ4n) is 7.52. The summed E-state index contributed by atoms with van der Waals surface area (Å²) in [5.74, 6) is -1.68. The van der Waals surface area contributed by atoms with E-state index in [0.29, 0.717) is 37.2 Å². The van der Waals surface area contributed by atoms with Crippen molar-refractivity contribution >= 4 is 157 Å². The van der Waals surface area contributed by atoms with E-state index in [4.69, 9.17) is 29.0 Å². The minimum absolute atomic E-state index is 0.000865. The highest BCUT2D eigenvalue weighted by Crippen LogP contribution is 2.44. The number of nitriles is 1. The molecule has 8 rings (SSSR count). The van der Waals surface area contributed by atoms with Gasteiger partial charge in [-0.2, -0.15) is 44.0 Å². The van der Waals surface area contributed by atoms with Gasteiger partial charge in [0.1, 0.15) is 43.9 Å². The second-order valence-electron chi connectivity index (χ2n) is 16.5. The van der Waals surface area contributed by atoms with Gasteiger partial charge in [0.05, 0.1) is 45.4 Å². The van der Waals surface area contributed by atoms with Gasteiger partial charge in [0.15, 0.2) is 11.3 Å². The van der Waals surface area contributed by atoms with Crippen LogP contribution in [0.25, 0.3) is 37.7 Å². The number of thiazole rings is 1. The van der Waals surface area contributed by atoms with Gasteiger partial charge in [-0.3, -0.25) is 22.6 Å². The number of halogens is 1. The number of ether oxygens (including phenoxy) is 1. The van der Waals surface area contributed by atoms with E-state index in [1.807, 2.05) is 6.07 Å². The maximum Gasteiger partial charge on any atom is 0.425 e. The van der Waals surface area contributed by atoms with E-state index in [1.165, 1.54) is 43.0 Å². The summed E-state index contributed by atoms with van der Waals surface area (Å²) in [5.41, 5.74) is 0.782. The zero-order valence-electron chi connectivity index (χ0n) is 40.4. The summed E-state index contributed by atoms with van der Waals surface area (Å²) in [6, 6.07) is 18.6. The highest BCUT2D eigenvalue weighted by Gasteiger charge is 2.26. The molecular formula is C44H37ClN10O17S7. The first-order chi connectivity index (χ1) is 36.9. The first-order valence-corrected chi connectivity index (χ1v) is 31.2. The molecule has 0 saturated carbocycles. The molecule has 414 valence electrons. The predicted octanol–water partition coefficient (Wildman–Crippen LogP) is 10.2. The molecule has 5 N–H and O–H groups in total. The fourth-order valence-corrected chi connectivity index (χ4v) is 12.3. The molecule has 3 heterocycles. The third-order valence-corrected chi connectivity index (χ3v) is 16.7. The Kier molecular flexibility index (Phi) is 17.9. The number of nitrogens with zero attached hydrogens (tertiary/aromatic N) is 10. The van der Waals surface area contributed by atoms with E-state index < -0.39 is 78.3 Å². The lowest BCUT2D eigenvalue weighted by atomic mass is 10.1. The summed E-state index contributed by atoms with van der Waals surface area (Å²) in [7, 11) is -21.3. The second-order valence-corrected chi connectivity index (χ2v) is 25.4. The van der Waals surface area contributed by atoms with Crippen LogP contribution in [0, 0.1) is 32.1 Å². The van der Waals surface area contributed by atoms with Crippen molar-refractivity contribution in [3.05, 3.63) is 94.0 Å². The molecule has 0 aliphatic carbocycles. The number of pyridine rings is 1. The maximum absolute atomic E-state index is 12.4. The van der Waals surface area contributed by atoms with Gasteiger partial charge in [0.25, 0.3) is 40.5 Å². The molecule has 0 spiro atoms. The first-order valence-electron chi connectivity index (χ1n) is 22.0. The molecule has 0 aliphatic rings. The standard InChI is InChI=1S/C44H37ClN10O14S6.O3S/c1-22-14-31(51-53-38-24(3)28(21-46)42-47-39-33(55(42)43(38)56)17-26(45)18-37(39)75(66,67)68)34(69-10-6-12-72(57,58)59)19-29(22)49-52-32-15-23(2)30(20-35(32)70-11-7-13-73(60,61)62)50-54-44-48-40-36(74(63,64)65)16-25-8-4-5-9-27(25)41(40)71-44;1-4(2)3/h4-5,8-9,14-20,56H,6-7,10-13H2,1-3H3,(H,57,58,59)(H,60,61,62)(H,63,64,65)(H,66,67,68);. The molecular weight excluding hydrogens is 1200 g/mol. The van der Waals surface area contributed by atoms with E-state index in [9.17, 15) is 62.3 Å². The van der Waals surface area contributed by atoms with Crippen LogP contribution in [0.3, 0.4) is 0 Å². The molecule has 5 aromatic carbocycles. The first kappa shape index (κ1) is 59.6. The second kappa shape index (κ2) is 23.8. The third kappa shape index (κ3) is 14.4. The normalized spacial score (nSPS) is 12.6. The average molecular weight is 1240 g/mol. The zero-order chi connectivity index (χ0) is 57.9. The molecule has 0 radical (unpaired) electrons. The summed E-state index contributed by atoms with van der Waals surface area (Å²) in [5, 5.41) is 49.2. The van der Waals surface area contributed by atoms with E-state index in [-0.39, 0.29) is 97.2 Å². The summed E-state index contributed by atoms with van der Waals surface area (Å²) in [6.07, 6.45) is -0.133. The number of aromatic nitrogens is 3. The number of fused-ring (bicyclic) bond motifs is 6. The van der Waals surface area contributed by atoms with Crippen molar-refractivity contribution in [3.63, 3.8) is 0 Å². The van der Waals surface area contributed by atoms with Gasteiger partial charge in [-0.15, -0.1) is 50.0 Å². The maximum atomic E-state index is 12.4. The molecule has 79 heavy (non-hydrogen) atoms. The Labute approximate surface area is 462 Å². The summed E-state index contributed by atoms with van der Waals surface area (Å²) >= 11 is 8.41. The van der Waals surface area contributed by atoms with E-state index in [0.717, 1.165) is 21.8 Å². The van der Waals surface area contributed by atoms with Crippen molar-refractivity contribution in [3.8, 4) is 17.7 Å². The Balaban J connectivity index is 0.00000218. The molecule has 0 fully saturated rings.